The zero-order chi connectivity index (χ0) is 21.7. The van der Waals surface area contributed by atoms with Crippen molar-refractivity contribution >= 4 is 11.8 Å². The van der Waals surface area contributed by atoms with E-state index in [9.17, 15) is 22.8 Å². The molecular weight excluding hydrogens is 385 g/mol. The lowest BCUT2D eigenvalue weighted by atomic mass is 9.87. The zero-order valence-corrected chi connectivity index (χ0v) is 17.2. The molecule has 1 heterocycles. The molecule has 1 aliphatic heterocycles. The third-order valence-electron chi connectivity index (χ3n) is 4.90. The SMILES string of the molecule is CC(C)(C)c1ccc(OCCCC(=O)N2CCCN(C(=O)C(F)(F)F)CC2)cc1. The molecule has 0 aromatic heterocycles. The van der Waals surface area contributed by atoms with E-state index in [0.29, 0.717) is 26.0 Å². The van der Waals surface area contributed by atoms with Crippen LogP contribution < -0.4 is 4.74 Å². The molecule has 2 rings (SSSR count). The van der Waals surface area contributed by atoms with Crippen LogP contribution in [-0.4, -0.2) is 60.6 Å². The fourth-order valence-corrected chi connectivity index (χ4v) is 3.17. The minimum absolute atomic E-state index is 0.00972. The molecular formula is C21H29F3N2O3. The normalized spacial score (nSPS) is 15.8. The molecule has 0 saturated carbocycles. The second-order valence-electron chi connectivity index (χ2n) is 8.25. The van der Waals surface area contributed by atoms with Crippen LogP contribution in [0.15, 0.2) is 24.3 Å². The van der Waals surface area contributed by atoms with Crippen LogP contribution in [0.5, 0.6) is 5.75 Å². The van der Waals surface area contributed by atoms with Crippen molar-refractivity contribution in [2.75, 3.05) is 32.8 Å². The summed E-state index contributed by atoms with van der Waals surface area (Å²) in [6, 6.07) is 7.85. The Labute approximate surface area is 169 Å². The molecule has 29 heavy (non-hydrogen) atoms. The molecule has 0 unspecified atom stereocenters. The van der Waals surface area contributed by atoms with Crippen molar-refractivity contribution < 1.29 is 27.5 Å². The summed E-state index contributed by atoms with van der Waals surface area (Å²) in [5.41, 5.74) is 1.28. The van der Waals surface area contributed by atoms with Gasteiger partial charge in [0.1, 0.15) is 5.75 Å². The van der Waals surface area contributed by atoms with Crippen molar-refractivity contribution in [3.8, 4) is 5.75 Å². The van der Waals surface area contributed by atoms with E-state index >= 15 is 0 Å². The van der Waals surface area contributed by atoms with E-state index in [1.807, 2.05) is 24.3 Å². The Morgan fingerprint density at radius 2 is 1.55 bits per heavy atom. The summed E-state index contributed by atoms with van der Waals surface area (Å²) in [6.45, 7) is 7.18. The number of benzene rings is 1. The Bertz CT molecular complexity index is 697. The van der Waals surface area contributed by atoms with Gasteiger partial charge in [-0.15, -0.1) is 0 Å². The summed E-state index contributed by atoms with van der Waals surface area (Å²) in [7, 11) is 0. The first kappa shape index (κ1) is 23.0. The standard InChI is InChI=1S/C21H29F3N2O3/c1-20(2,3)16-7-9-17(10-8-16)29-15-4-6-18(27)25-11-5-12-26(14-13-25)19(28)21(22,23)24/h7-10H,4-6,11-15H2,1-3H3. The van der Waals surface area contributed by atoms with Gasteiger partial charge in [0.25, 0.3) is 0 Å². The monoisotopic (exact) mass is 414 g/mol. The van der Waals surface area contributed by atoms with Gasteiger partial charge in [-0.05, 0) is 36.0 Å². The fraction of sp³-hybridized carbons (Fsp3) is 0.619. The predicted octanol–water partition coefficient (Wildman–Crippen LogP) is 3.77. The molecule has 0 atom stereocenters. The minimum atomic E-state index is -4.87. The van der Waals surface area contributed by atoms with Crippen molar-refractivity contribution in [1.82, 2.24) is 9.80 Å². The highest BCUT2D eigenvalue weighted by molar-refractivity contribution is 5.82. The van der Waals surface area contributed by atoms with Crippen LogP contribution in [0.2, 0.25) is 0 Å². The third-order valence-corrected chi connectivity index (χ3v) is 4.90. The van der Waals surface area contributed by atoms with Crippen molar-refractivity contribution in [3.05, 3.63) is 29.8 Å². The van der Waals surface area contributed by atoms with E-state index in [0.717, 1.165) is 10.6 Å². The van der Waals surface area contributed by atoms with Crippen LogP contribution in [0, 0.1) is 0 Å². The molecule has 1 saturated heterocycles. The Hall–Kier alpha value is -2.25. The quantitative estimate of drug-likeness (QED) is 0.690. The highest BCUT2D eigenvalue weighted by atomic mass is 19.4. The number of amides is 2. The van der Waals surface area contributed by atoms with Gasteiger partial charge in [0, 0.05) is 32.6 Å². The van der Waals surface area contributed by atoms with Gasteiger partial charge in [0.05, 0.1) is 6.61 Å². The van der Waals surface area contributed by atoms with Crippen molar-refractivity contribution in [2.45, 2.75) is 51.6 Å². The summed E-state index contributed by atoms with van der Waals surface area (Å²) < 4.78 is 43.4. The molecule has 1 fully saturated rings. The topological polar surface area (TPSA) is 49.9 Å². The largest absolute Gasteiger partial charge is 0.494 e. The Balaban J connectivity index is 1.73. The summed E-state index contributed by atoms with van der Waals surface area (Å²) >= 11 is 0. The van der Waals surface area contributed by atoms with Gasteiger partial charge in [-0.3, -0.25) is 9.59 Å². The van der Waals surface area contributed by atoms with Crippen LogP contribution >= 0.6 is 0 Å². The van der Waals surface area contributed by atoms with E-state index in [-0.39, 0.29) is 37.4 Å². The van der Waals surface area contributed by atoms with Gasteiger partial charge >= 0.3 is 12.1 Å². The van der Waals surface area contributed by atoms with E-state index in [4.69, 9.17) is 4.74 Å². The number of ether oxygens (including phenoxy) is 1. The minimum Gasteiger partial charge on any atom is -0.494 e. The van der Waals surface area contributed by atoms with Gasteiger partial charge < -0.3 is 14.5 Å². The number of hydrogen-bond acceptors (Lipinski definition) is 3. The van der Waals surface area contributed by atoms with Gasteiger partial charge in [0.2, 0.25) is 5.91 Å². The van der Waals surface area contributed by atoms with Crippen LogP contribution in [0.3, 0.4) is 0 Å². The lowest BCUT2D eigenvalue weighted by molar-refractivity contribution is -0.185. The first-order chi connectivity index (χ1) is 13.5. The van der Waals surface area contributed by atoms with E-state index in [2.05, 4.69) is 20.8 Å². The number of hydrogen-bond donors (Lipinski definition) is 0. The molecule has 0 bridgehead atoms. The second kappa shape index (κ2) is 9.50. The number of carbonyl (C=O) groups is 2. The van der Waals surface area contributed by atoms with E-state index < -0.39 is 12.1 Å². The second-order valence-corrected chi connectivity index (χ2v) is 8.25. The van der Waals surface area contributed by atoms with Crippen LogP contribution in [0.25, 0.3) is 0 Å². The first-order valence-electron chi connectivity index (χ1n) is 9.86. The van der Waals surface area contributed by atoms with Crippen LogP contribution in [0.1, 0.15) is 45.6 Å². The highest BCUT2D eigenvalue weighted by Crippen LogP contribution is 2.24. The molecule has 0 spiro atoms. The number of carbonyl (C=O) groups excluding carboxylic acids is 2. The van der Waals surface area contributed by atoms with Gasteiger partial charge in [-0.1, -0.05) is 32.9 Å². The van der Waals surface area contributed by atoms with Crippen LogP contribution in [-0.2, 0) is 15.0 Å². The van der Waals surface area contributed by atoms with Crippen molar-refractivity contribution in [3.63, 3.8) is 0 Å². The van der Waals surface area contributed by atoms with Gasteiger partial charge in [0.15, 0.2) is 0 Å². The third kappa shape index (κ3) is 6.94. The molecule has 8 heteroatoms. The number of nitrogens with zero attached hydrogens (tertiary/aromatic N) is 2. The Morgan fingerprint density at radius 1 is 0.966 bits per heavy atom. The maximum Gasteiger partial charge on any atom is 0.471 e. The lowest BCUT2D eigenvalue weighted by Crippen LogP contribution is -2.43. The smallest absolute Gasteiger partial charge is 0.471 e. The molecule has 1 aliphatic rings. The molecule has 0 N–H and O–H groups in total. The summed E-state index contributed by atoms with van der Waals surface area (Å²) in [6.07, 6.45) is -3.76. The lowest BCUT2D eigenvalue weighted by Gasteiger charge is -2.23. The molecule has 1 aromatic rings. The molecule has 0 radical (unpaired) electrons. The van der Waals surface area contributed by atoms with Gasteiger partial charge in [-0.25, -0.2) is 0 Å². The predicted molar refractivity (Wildman–Crippen MR) is 104 cm³/mol. The summed E-state index contributed by atoms with van der Waals surface area (Å²) in [4.78, 5) is 26.0. The molecule has 0 aliphatic carbocycles. The number of halogens is 3. The average Bonchev–Trinajstić information content (AvgIpc) is 2.89. The molecule has 162 valence electrons. The zero-order valence-electron chi connectivity index (χ0n) is 17.2. The van der Waals surface area contributed by atoms with Crippen molar-refractivity contribution in [2.24, 2.45) is 0 Å². The fourth-order valence-electron chi connectivity index (χ4n) is 3.17. The maximum absolute atomic E-state index is 12.6. The number of rotatable bonds is 5. The molecule has 5 nitrogen and oxygen atoms in total. The molecule has 1 aromatic carbocycles. The van der Waals surface area contributed by atoms with Crippen LogP contribution in [0.4, 0.5) is 13.2 Å². The summed E-state index contributed by atoms with van der Waals surface area (Å²) in [5.74, 6) is -1.22. The summed E-state index contributed by atoms with van der Waals surface area (Å²) in [5, 5.41) is 0. The molecule has 2 amide bonds. The first-order valence-corrected chi connectivity index (χ1v) is 9.86. The van der Waals surface area contributed by atoms with E-state index in [1.54, 1.807) is 0 Å². The van der Waals surface area contributed by atoms with E-state index in [1.165, 1.54) is 10.5 Å². The maximum atomic E-state index is 12.6. The van der Waals surface area contributed by atoms with Gasteiger partial charge in [-0.2, -0.15) is 13.2 Å². The van der Waals surface area contributed by atoms with Crippen molar-refractivity contribution in [1.29, 1.82) is 0 Å². The Kier molecular flexibility index (Phi) is 7.54. The highest BCUT2D eigenvalue weighted by Gasteiger charge is 2.42. The Morgan fingerprint density at radius 3 is 2.14 bits per heavy atom. The average molecular weight is 414 g/mol. The number of alkyl halides is 3.